The predicted octanol–water partition coefficient (Wildman–Crippen LogP) is 3.43. The number of hydrogen-bond donors (Lipinski definition) is 2. The Bertz CT molecular complexity index is 503. The van der Waals surface area contributed by atoms with E-state index in [9.17, 15) is 9.90 Å². The first-order valence-electron chi connectivity index (χ1n) is 8.20. The van der Waals surface area contributed by atoms with Crippen LogP contribution in [0.5, 0.6) is 0 Å². The van der Waals surface area contributed by atoms with Gasteiger partial charge in [0.05, 0.1) is 0 Å². The van der Waals surface area contributed by atoms with E-state index in [0.717, 1.165) is 43.2 Å². The monoisotopic (exact) mass is 302 g/mol. The maximum atomic E-state index is 11.9. The van der Waals surface area contributed by atoms with Crippen LogP contribution in [0.3, 0.4) is 0 Å². The van der Waals surface area contributed by atoms with E-state index in [2.05, 4.69) is 24.4 Å². The van der Waals surface area contributed by atoms with Crippen LogP contribution in [0.15, 0.2) is 35.4 Å². The molecule has 1 aliphatic carbocycles. The van der Waals surface area contributed by atoms with Gasteiger partial charge >= 0.3 is 0 Å². The van der Waals surface area contributed by atoms with Gasteiger partial charge in [-0.2, -0.15) is 5.10 Å². The summed E-state index contributed by atoms with van der Waals surface area (Å²) in [7, 11) is 0. The lowest BCUT2D eigenvalue weighted by atomic mass is 9.79. The van der Waals surface area contributed by atoms with Crippen LogP contribution in [0.2, 0.25) is 0 Å². The molecule has 1 aliphatic rings. The van der Waals surface area contributed by atoms with Gasteiger partial charge in [-0.15, -0.1) is 0 Å². The smallest absolute Gasteiger partial charge is 0.273 e. The van der Waals surface area contributed by atoms with Crippen molar-refractivity contribution in [3.05, 3.63) is 35.9 Å². The molecule has 0 aromatic heterocycles. The second kappa shape index (κ2) is 8.08. The SMILES string of the molecule is CCC(C)C1CCC(=NNC(=O)C(O)c2ccccc2)CC1. The molecule has 1 aromatic carbocycles. The lowest BCUT2D eigenvalue weighted by Gasteiger charge is -2.27. The predicted molar refractivity (Wildman–Crippen MR) is 88.4 cm³/mol. The third-order valence-corrected chi connectivity index (χ3v) is 4.74. The van der Waals surface area contributed by atoms with Crippen LogP contribution in [-0.4, -0.2) is 16.7 Å². The van der Waals surface area contributed by atoms with Gasteiger partial charge < -0.3 is 5.11 Å². The maximum Gasteiger partial charge on any atom is 0.273 e. The summed E-state index contributed by atoms with van der Waals surface area (Å²) in [6.07, 6.45) is 4.22. The molecule has 0 aliphatic heterocycles. The summed E-state index contributed by atoms with van der Waals surface area (Å²) in [5.41, 5.74) is 4.13. The number of rotatable bonds is 5. The van der Waals surface area contributed by atoms with E-state index in [1.54, 1.807) is 24.3 Å². The van der Waals surface area contributed by atoms with Crippen molar-refractivity contribution in [3.8, 4) is 0 Å². The van der Waals surface area contributed by atoms with Crippen LogP contribution in [0.1, 0.15) is 57.6 Å². The zero-order valence-electron chi connectivity index (χ0n) is 13.5. The zero-order valence-corrected chi connectivity index (χ0v) is 13.5. The largest absolute Gasteiger partial charge is 0.378 e. The first kappa shape index (κ1) is 16.7. The number of hydrazone groups is 1. The molecule has 1 fully saturated rings. The maximum absolute atomic E-state index is 11.9. The average Bonchev–Trinajstić information content (AvgIpc) is 2.59. The van der Waals surface area contributed by atoms with E-state index in [0.29, 0.717) is 5.56 Å². The molecule has 0 bridgehead atoms. The van der Waals surface area contributed by atoms with E-state index < -0.39 is 12.0 Å². The summed E-state index contributed by atoms with van der Waals surface area (Å²) >= 11 is 0. The summed E-state index contributed by atoms with van der Waals surface area (Å²) in [4.78, 5) is 11.9. The van der Waals surface area contributed by atoms with Crippen LogP contribution < -0.4 is 5.43 Å². The first-order valence-corrected chi connectivity index (χ1v) is 8.20. The van der Waals surface area contributed by atoms with Crippen molar-refractivity contribution in [1.29, 1.82) is 0 Å². The number of nitrogens with zero attached hydrogens (tertiary/aromatic N) is 1. The fraction of sp³-hybridized carbons (Fsp3) is 0.556. The molecule has 22 heavy (non-hydrogen) atoms. The third kappa shape index (κ3) is 4.41. The Morgan fingerprint density at radius 2 is 1.95 bits per heavy atom. The van der Waals surface area contributed by atoms with Crippen molar-refractivity contribution in [2.75, 3.05) is 0 Å². The molecule has 2 atom stereocenters. The van der Waals surface area contributed by atoms with Crippen LogP contribution >= 0.6 is 0 Å². The Balaban J connectivity index is 1.84. The first-order chi connectivity index (χ1) is 10.6. The normalized spacial score (nSPS) is 21.0. The molecule has 0 radical (unpaired) electrons. The molecular weight excluding hydrogens is 276 g/mol. The summed E-state index contributed by atoms with van der Waals surface area (Å²) in [6, 6.07) is 8.91. The molecule has 2 rings (SSSR count). The van der Waals surface area contributed by atoms with Crippen LogP contribution in [0.25, 0.3) is 0 Å². The number of nitrogens with one attached hydrogen (secondary N) is 1. The molecule has 2 unspecified atom stereocenters. The summed E-state index contributed by atoms with van der Waals surface area (Å²) in [5.74, 6) is 1.06. The number of carbonyl (C=O) groups excluding carboxylic acids is 1. The van der Waals surface area contributed by atoms with Gasteiger partial charge in [0.1, 0.15) is 0 Å². The van der Waals surface area contributed by atoms with Crippen LogP contribution in [0, 0.1) is 11.8 Å². The van der Waals surface area contributed by atoms with Gasteiger partial charge in [0.2, 0.25) is 0 Å². The molecule has 0 saturated heterocycles. The van der Waals surface area contributed by atoms with Gasteiger partial charge in [-0.05, 0) is 43.1 Å². The number of amides is 1. The summed E-state index contributed by atoms with van der Waals surface area (Å²) in [5, 5.41) is 14.2. The van der Waals surface area contributed by atoms with Gasteiger partial charge in [0.15, 0.2) is 6.10 Å². The topological polar surface area (TPSA) is 61.7 Å². The summed E-state index contributed by atoms with van der Waals surface area (Å²) in [6.45, 7) is 4.55. The summed E-state index contributed by atoms with van der Waals surface area (Å²) < 4.78 is 0. The zero-order chi connectivity index (χ0) is 15.9. The van der Waals surface area contributed by atoms with Crippen molar-refractivity contribution in [3.63, 3.8) is 0 Å². The lowest BCUT2D eigenvalue weighted by Crippen LogP contribution is -2.28. The number of hydrogen-bond acceptors (Lipinski definition) is 3. The van der Waals surface area contributed by atoms with Gasteiger partial charge in [-0.25, -0.2) is 5.43 Å². The molecular formula is C18H26N2O2. The molecule has 1 aromatic rings. The van der Waals surface area contributed by atoms with E-state index in [-0.39, 0.29) is 0 Å². The molecule has 2 N–H and O–H groups in total. The Morgan fingerprint density at radius 1 is 1.32 bits per heavy atom. The van der Waals surface area contributed by atoms with E-state index in [1.165, 1.54) is 6.42 Å². The van der Waals surface area contributed by atoms with Crippen molar-refractivity contribution < 1.29 is 9.90 Å². The van der Waals surface area contributed by atoms with E-state index in [4.69, 9.17) is 0 Å². The minimum Gasteiger partial charge on any atom is -0.378 e. The average molecular weight is 302 g/mol. The van der Waals surface area contributed by atoms with Gasteiger partial charge in [-0.1, -0.05) is 50.6 Å². The van der Waals surface area contributed by atoms with Gasteiger partial charge in [0.25, 0.3) is 5.91 Å². The highest BCUT2D eigenvalue weighted by Gasteiger charge is 2.22. The Morgan fingerprint density at radius 3 is 2.55 bits per heavy atom. The number of aliphatic hydroxyl groups is 1. The highest BCUT2D eigenvalue weighted by atomic mass is 16.3. The van der Waals surface area contributed by atoms with Crippen LogP contribution in [-0.2, 0) is 4.79 Å². The lowest BCUT2D eigenvalue weighted by molar-refractivity contribution is -0.129. The molecule has 1 saturated carbocycles. The Kier molecular flexibility index (Phi) is 6.13. The van der Waals surface area contributed by atoms with Crippen molar-refractivity contribution in [2.45, 2.75) is 52.1 Å². The second-order valence-corrected chi connectivity index (χ2v) is 6.19. The third-order valence-electron chi connectivity index (χ3n) is 4.74. The van der Waals surface area contributed by atoms with Crippen LogP contribution in [0.4, 0.5) is 0 Å². The molecule has 120 valence electrons. The molecule has 1 amide bonds. The van der Waals surface area contributed by atoms with Gasteiger partial charge in [0, 0.05) is 5.71 Å². The Labute approximate surface area is 132 Å². The number of carbonyl (C=O) groups is 1. The Hall–Kier alpha value is -1.68. The number of aliphatic hydroxyl groups excluding tert-OH is 1. The highest BCUT2D eigenvalue weighted by molar-refractivity contribution is 5.88. The molecule has 4 heteroatoms. The fourth-order valence-corrected chi connectivity index (χ4v) is 2.97. The number of benzene rings is 1. The van der Waals surface area contributed by atoms with Crippen molar-refractivity contribution in [1.82, 2.24) is 5.43 Å². The molecule has 0 spiro atoms. The molecule has 0 heterocycles. The van der Waals surface area contributed by atoms with Crippen molar-refractivity contribution in [2.24, 2.45) is 16.9 Å². The second-order valence-electron chi connectivity index (χ2n) is 6.19. The minimum absolute atomic E-state index is 0.470. The molecule has 4 nitrogen and oxygen atoms in total. The minimum atomic E-state index is -1.16. The standard InChI is InChI=1S/C18H26N2O2/c1-3-13(2)14-9-11-16(12-10-14)19-20-18(22)17(21)15-7-5-4-6-8-15/h4-8,13-14,17,21H,3,9-12H2,1-2H3,(H,20,22). The van der Waals surface area contributed by atoms with Crippen molar-refractivity contribution >= 4 is 11.6 Å². The van der Waals surface area contributed by atoms with E-state index >= 15 is 0 Å². The quantitative estimate of drug-likeness (QED) is 0.819. The fourth-order valence-electron chi connectivity index (χ4n) is 2.97. The van der Waals surface area contributed by atoms with Gasteiger partial charge in [-0.3, -0.25) is 4.79 Å². The highest BCUT2D eigenvalue weighted by Crippen LogP contribution is 2.30. The van der Waals surface area contributed by atoms with E-state index in [1.807, 2.05) is 6.07 Å².